The molecule has 0 radical (unpaired) electrons. The number of hydrogen-bond acceptors (Lipinski definition) is 5. The van der Waals surface area contributed by atoms with Gasteiger partial charge in [0.15, 0.2) is 9.84 Å². The fraction of sp³-hybridized carbons (Fsp3) is 0.188. The number of carbonyl (C=O) groups is 1. The van der Waals surface area contributed by atoms with E-state index in [1.165, 1.54) is 37.4 Å². The van der Waals surface area contributed by atoms with Crippen LogP contribution in [0.15, 0.2) is 62.8 Å². The van der Waals surface area contributed by atoms with Crippen LogP contribution in [0.1, 0.15) is 0 Å². The summed E-state index contributed by atoms with van der Waals surface area (Å²) in [5, 5.41) is 2.45. The number of hydrogen-bond donors (Lipinski definition) is 1. The quantitative estimate of drug-likeness (QED) is 0.711. The lowest BCUT2D eigenvalue weighted by Gasteiger charge is -2.17. The number of nitrogens with zero attached hydrogens (tertiary/aromatic N) is 1. The molecule has 0 aliphatic carbocycles. The molecule has 140 valence electrons. The van der Waals surface area contributed by atoms with E-state index in [-0.39, 0.29) is 15.5 Å². The molecule has 0 atom stereocenters. The Morgan fingerprint density at radius 2 is 1.62 bits per heavy atom. The topological polar surface area (TPSA) is 101 Å². The number of halogens is 1. The minimum absolute atomic E-state index is 0.0354. The van der Waals surface area contributed by atoms with Crippen molar-refractivity contribution in [3.63, 3.8) is 0 Å². The molecule has 0 fully saturated rings. The molecule has 0 saturated heterocycles. The number of carbonyl (C=O) groups excluding carboxylic acids is 1. The minimum Gasteiger partial charge on any atom is -0.324 e. The van der Waals surface area contributed by atoms with E-state index < -0.39 is 32.3 Å². The monoisotopic (exact) mass is 460 g/mol. The van der Waals surface area contributed by atoms with Gasteiger partial charge in [0.2, 0.25) is 15.9 Å². The van der Waals surface area contributed by atoms with Crippen LogP contribution in [0.4, 0.5) is 5.69 Å². The third kappa shape index (κ3) is 4.91. The summed E-state index contributed by atoms with van der Waals surface area (Å²) in [5.41, 5.74) is 0.106. The minimum atomic E-state index is -3.85. The van der Waals surface area contributed by atoms with Crippen LogP contribution < -0.4 is 5.32 Å². The third-order valence-electron chi connectivity index (χ3n) is 3.45. The summed E-state index contributed by atoms with van der Waals surface area (Å²) >= 11 is 3.23. The van der Waals surface area contributed by atoms with Crippen molar-refractivity contribution in [1.82, 2.24) is 4.31 Å². The smallest absolute Gasteiger partial charge is 0.243 e. The first-order valence-corrected chi connectivity index (χ1v) is 11.4. The number of likely N-dealkylation sites (N-methyl/N-ethyl adjacent to an activating group) is 1. The van der Waals surface area contributed by atoms with E-state index in [1.54, 1.807) is 18.2 Å². The van der Waals surface area contributed by atoms with Crippen LogP contribution in [0.3, 0.4) is 0 Å². The van der Waals surface area contributed by atoms with Crippen LogP contribution in [0.25, 0.3) is 0 Å². The molecule has 0 aromatic heterocycles. The highest BCUT2D eigenvalue weighted by atomic mass is 79.9. The van der Waals surface area contributed by atoms with Crippen LogP contribution in [0.2, 0.25) is 0 Å². The summed E-state index contributed by atoms with van der Waals surface area (Å²) in [7, 11) is -6.11. The Morgan fingerprint density at radius 3 is 2.19 bits per heavy atom. The van der Waals surface area contributed by atoms with Gasteiger partial charge in [-0.3, -0.25) is 4.79 Å². The van der Waals surface area contributed by atoms with E-state index in [2.05, 4.69) is 21.2 Å². The molecule has 26 heavy (non-hydrogen) atoms. The normalized spacial score (nSPS) is 12.2. The molecule has 0 saturated carbocycles. The van der Waals surface area contributed by atoms with Gasteiger partial charge in [0.1, 0.15) is 0 Å². The van der Waals surface area contributed by atoms with Crippen molar-refractivity contribution in [2.75, 3.05) is 25.2 Å². The third-order valence-corrected chi connectivity index (χ3v) is 6.95. The maximum Gasteiger partial charge on any atom is 0.243 e. The van der Waals surface area contributed by atoms with Crippen molar-refractivity contribution in [1.29, 1.82) is 0 Å². The predicted molar refractivity (Wildman–Crippen MR) is 102 cm³/mol. The number of sulfonamides is 1. The number of sulfone groups is 1. The Hall–Kier alpha value is -1.75. The molecule has 0 aliphatic heterocycles. The number of nitrogens with one attached hydrogen (secondary N) is 1. The van der Waals surface area contributed by atoms with Gasteiger partial charge in [-0.05, 0) is 36.4 Å². The molecule has 0 spiro atoms. The fourth-order valence-electron chi connectivity index (χ4n) is 2.16. The van der Waals surface area contributed by atoms with Gasteiger partial charge < -0.3 is 5.32 Å². The van der Waals surface area contributed by atoms with E-state index in [9.17, 15) is 21.6 Å². The van der Waals surface area contributed by atoms with Crippen LogP contribution in [0, 0.1) is 0 Å². The number of rotatable bonds is 6. The van der Waals surface area contributed by atoms with Crippen molar-refractivity contribution in [3.8, 4) is 0 Å². The maximum atomic E-state index is 12.5. The van der Waals surface area contributed by atoms with Gasteiger partial charge in [-0.15, -0.1) is 0 Å². The zero-order chi connectivity index (χ0) is 19.5. The summed E-state index contributed by atoms with van der Waals surface area (Å²) in [4.78, 5) is 12.2. The molecule has 1 N–H and O–H groups in total. The molecule has 2 aromatic carbocycles. The lowest BCUT2D eigenvalue weighted by atomic mass is 10.3. The second kappa shape index (κ2) is 7.87. The van der Waals surface area contributed by atoms with Crippen molar-refractivity contribution in [2.45, 2.75) is 9.79 Å². The summed E-state index contributed by atoms with van der Waals surface area (Å²) in [6.45, 7) is -0.462. The molecule has 2 aromatic rings. The van der Waals surface area contributed by atoms with Gasteiger partial charge in [-0.25, -0.2) is 16.8 Å². The largest absolute Gasteiger partial charge is 0.324 e. The predicted octanol–water partition coefficient (Wildman–Crippen LogP) is 2.11. The highest BCUT2D eigenvalue weighted by Crippen LogP contribution is 2.21. The second-order valence-electron chi connectivity index (χ2n) is 5.53. The molecule has 1 amide bonds. The summed E-state index contributed by atoms with van der Waals surface area (Å²) in [6, 6.07) is 11.9. The number of anilines is 1. The van der Waals surface area contributed by atoms with Crippen LogP contribution in [0.5, 0.6) is 0 Å². The summed E-state index contributed by atoms with van der Waals surface area (Å²) < 4.78 is 50.1. The van der Waals surface area contributed by atoms with Crippen LogP contribution in [-0.4, -0.2) is 46.9 Å². The van der Waals surface area contributed by atoms with E-state index in [0.29, 0.717) is 0 Å². The number of para-hydroxylation sites is 1. The molecule has 0 unspecified atom stereocenters. The highest BCUT2D eigenvalue weighted by Gasteiger charge is 2.23. The first-order valence-electron chi connectivity index (χ1n) is 7.32. The first-order chi connectivity index (χ1) is 12.0. The van der Waals surface area contributed by atoms with Crippen LogP contribution in [-0.2, 0) is 24.7 Å². The summed E-state index contributed by atoms with van der Waals surface area (Å²) in [5.74, 6) is -0.649. The van der Waals surface area contributed by atoms with Gasteiger partial charge in [0.25, 0.3) is 0 Å². The van der Waals surface area contributed by atoms with E-state index in [1.807, 2.05) is 0 Å². The second-order valence-corrected chi connectivity index (χ2v) is 10.5. The van der Waals surface area contributed by atoms with Crippen molar-refractivity contribution in [3.05, 3.63) is 53.0 Å². The lowest BCUT2D eigenvalue weighted by molar-refractivity contribution is -0.116. The van der Waals surface area contributed by atoms with E-state index >= 15 is 0 Å². The van der Waals surface area contributed by atoms with Crippen LogP contribution >= 0.6 is 15.9 Å². The maximum absolute atomic E-state index is 12.5. The zero-order valence-corrected chi connectivity index (χ0v) is 17.2. The van der Waals surface area contributed by atoms with E-state index in [0.717, 1.165) is 15.0 Å². The fourth-order valence-corrected chi connectivity index (χ4v) is 4.39. The Balaban J connectivity index is 2.17. The molecule has 10 heteroatoms. The summed E-state index contributed by atoms with van der Waals surface area (Å²) in [6.07, 6.45) is 1.03. The van der Waals surface area contributed by atoms with Gasteiger partial charge in [0.05, 0.1) is 22.0 Å². The van der Waals surface area contributed by atoms with Gasteiger partial charge in [0, 0.05) is 17.8 Å². The van der Waals surface area contributed by atoms with Crippen molar-refractivity contribution >= 4 is 47.4 Å². The molecule has 0 bridgehead atoms. The Labute approximate surface area is 161 Å². The number of benzene rings is 2. The average Bonchev–Trinajstić information content (AvgIpc) is 2.54. The molecule has 0 aliphatic rings. The van der Waals surface area contributed by atoms with Gasteiger partial charge in [-0.1, -0.05) is 28.1 Å². The Morgan fingerprint density at radius 1 is 1.04 bits per heavy atom. The Bertz CT molecular complexity index is 1020. The van der Waals surface area contributed by atoms with Crippen molar-refractivity contribution < 1.29 is 21.6 Å². The van der Waals surface area contributed by atoms with Crippen molar-refractivity contribution in [2.24, 2.45) is 0 Å². The molecular weight excluding hydrogens is 444 g/mol. The van der Waals surface area contributed by atoms with Gasteiger partial charge in [-0.2, -0.15) is 4.31 Å². The number of amides is 1. The molecule has 2 rings (SSSR count). The standard InChI is InChI=1S/C16H17BrN2O5S2/c1-19(26(23,24)13-9-7-12(17)8-10-13)11-16(20)18-14-5-3-4-6-15(14)25(2,21)22/h3-10H,11H2,1-2H3,(H,18,20). The first kappa shape index (κ1) is 20.6. The molecule has 0 heterocycles. The SMILES string of the molecule is CN(CC(=O)Nc1ccccc1S(C)(=O)=O)S(=O)(=O)c1ccc(Br)cc1. The molecular formula is C16H17BrN2O5S2. The average molecular weight is 461 g/mol. The lowest BCUT2D eigenvalue weighted by Crippen LogP contribution is -2.35. The van der Waals surface area contributed by atoms with E-state index in [4.69, 9.17) is 0 Å². The Kier molecular flexibility index (Phi) is 6.22. The highest BCUT2D eigenvalue weighted by molar-refractivity contribution is 9.10. The zero-order valence-electron chi connectivity index (χ0n) is 14.0. The van der Waals surface area contributed by atoms with Gasteiger partial charge >= 0.3 is 0 Å². The molecule has 7 nitrogen and oxygen atoms in total.